The average molecular weight is 347 g/mol. The Labute approximate surface area is 137 Å². The second-order valence-corrected chi connectivity index (χ2v) is 9.27. The minimum atomic E-state index is 0.723. The van der Waals surface area contributed by atoms with Crippen LogP contribution in [0.4, 0.5) is 0 Å². The molecule has 1 unspecified atom stereocenters. The monoisotopic (exact) mass is 346 g/mol. The Bertz CT molecular complexity index is 483. The maximum Gasteiger partial charge on any atom is 0.0177 e. The fourth-order valence-corrected chi connectivity index (χ4v) is 6.61. The maximum atomic E-state index is 3.60. The van der Waals surface area contributed by atoms with Crippen LogP contribution in [0.2, 0.25) is 0 Å². The zero-order chi connectivity index (χ0) is 14.4. The van der Waals surface area contributed by atoms with E-state index in [2.05, 4.69) is 47.1 Å². The predicted octanol–water partition coefficient (Wildman–Crippen LogP) is 6.23. The molecular weight excluding hydrogens is 320 g/mol. The molecule has 4 aliphatic carbocycles. The lowest BCUT2D eigenvalue weighted by molar-refractivity contribution is -0.0846. The van der Waals surface area contributed by atoms with E-state index in [1.54, 1.807) is 38.5 Å². The maximum absolute atomic E-state index is 3.60. The van der Waals surface area contributed by atoms with Crippen LogP contribution in [-0.4, -0.2) is 0 Å². The fraction of sp³-hybridized carbons (Fsp3) is 0.700. The van der Waals surface area contributed by atoms with E-state index in [1.165, 1.54) is 22.9 Å². The van der Waals surface area contributed by atoms with Gasteiger partial charge < -0.3 is 0 Å². The summed E-state index contributed by atoms with van der Waals surface area (Å²) in [4.78, 5) is 0. The molecule has 0 heterocycles. The molecule has 0 aliphatic heterocycles. The van der Waals surface area contributed by atoms with E-state index in [0.717, 1.165) is 29.1 Å². The third-order valence-electron chi connectivity index (χ3n) is 6.89. The number of hydrogen-bond donors (Lipinski definition) is 0. The van der Waals surface area contributed by atoms with Gasteiger partial charge in [-0.05, 0) is 98.1 Å². The van der Waals surface area contributed by atoms with Crippen molar-refractivity contribution in [3.63, 3.8) is 0 Å². The van der Waals surface area contributed by atoms with E-state index in [1.807, 2.05) is 0 Å². The van der Waals surface area contributed by atoms with Gasteiger partial charge in [-0.1, -0.05) is 35.0 Å². The predicted molar refractivity (Wildman–Crippen MR) is 92.2 cm³/mol. The molecule has 5 rings (SSSR count). The van der Waals surface area contributed by atoms with Crippen molar-refractivity contribution in [2.75, 3.05) is 0 Å². The van der Waals surface area contributed by atoms with Crippen LogP contribution in [0.15, 0.2) is 28.7 Å². The summed E-state index contributed by atoms with van der Waals surface area (Å²) < 4.78 is 1.22. The quantitative estimate of drug-likeness (QED) is 0.605. The van der Waals surface area contributed by atoms with Crippen LogP contribution in [0.3, 0.4) is 0 Å². The molecule has 0 amide bonds. The largest absolute Gasteiger partial charge is 0.0620 e. The van der Waals surface area contributed by atoms with Crippen LogP contribution in [0.1, 0.15) is 57.4 Å². The highest BCUT2D eigenvalue weighted by Crippen LogP contribution is 2.63. The van der Waals surface area contributed by atoms with Crippen molar-refractivity contribution in [2.24, 2.45) is 29.1 Å². The van der Waals surface area contributed by atoms with Crippen molar-refractivity contribution in [3.8, 4) is 0 Å². The van der Waals surface area contributed by atoms with E-state index in [9.17, 15) is 0 Å². The van der Waals surface area contributed by atoms with Crippen molar-refractivity contribution in [3.05, 3.63) is 34.3 Å². The van der Waals surface area contributed by atoms with Crippen molar-refractivity contribution in [1.82, 2.24) is 0 Å². The fourth-order valence-electron chi connectivity index (χ4n) is 6.16. The molecule has 1 atom stereocenters. The number of benzene rings is 1. The third kappa shape index (κ3) is 2.71. The van der Waals surface area contributed by atoms with E-state index >= 15 is 0 Å². The van der Waals surface area contributed by atoms with Gasteiger partial charge in [-0.15, -0.1) is 0 Å². The first-order chi connectivity index (χ1) is 10.1. The van der Waals surface area contributed by atoms with Crippen molar-refractivity contribution >= 4 is 15.9 Å². The summed E-state index contributed by atoms with van der Waals surface area (Å²) in [6.45, 7) is 2.56. The Balaban J connectivity index is 1.44. The molecule has 21 heavy (non-hydrogen) atoms. The summed E-state index contributed by atoms with van der Waals surface area (Å²) in [6.07, 6.45) is 12.0. The van der Waals surface area contributed by atoms with Gasteiger partial charge in [-0.25, -0.2) is 0 Å². The minimum Gasteiger partial charge on any atom is -0.0620 e. The highest BCUT2D eigenvalue weighted by molar-refractivity contribution is 9.10. The van der Waals surface area contributed by atoms with Crippen molar-refractivity contribution in [1.29, 1.82) is 0 Å². The Hall–Kier alpha value is -0.300. The van der Waals surface area contributed by atoms with E-state index in [-0.39, 0.29) is 0 Å². The van der Waals surface area contributed by atoms with Crippen LogP contribution in [0, 0.1) is 29.1 Å². The average Bonchev–Trinajstić information content (AvgIpc) is 2.43. The van der Waals surface area contributed by atoms with Gasteiger partial charge in [0, 0.05) is 4.47 Å². The smallest absolute Gasteiger partial charge is 0.0177 e. The second-order valence-electron chi connectivity index (χ2n) is 8.35. The van der Waals surface area contributed by atoms with Gasteiger partial charge in [0.1, 0.15) is 0 Å². The standard InChI is InChI=1S/C20H27Br/c1-14(5-6-15-3-2-4-19(21)10-15)20-11-16-7-17(12-20)9-18(8-16)13-20/h2-4,10,14,16-18H,5-9,11-13H2,1H3. The lowest BCUT2D eigenvalue weighted by Gasteiger charge is -2.59. The van der Waals surface area contributed by atoms with Crippen molar-refractivity contribution < 1.29 is 0 Å². The number of halogens is 1. The SMILES string of the molecule is CC(CCc1cccc(Br)c1)C12CC3CC(CC(C3)C1)C2. The molecule has 1 heteroatoms. The molecule has 4 aliphatic rings. The highest BCUT2D eigenvalue weighted by atomic mass is 79.9. The van der Waals surface area contributed by atoms with E-state index in [4.69, 9.17) is 0 Å². The molecule has 0 radical (unpaired) electrons. The van der Waals surface area contributed by atoms with Crippen LogP contribution >= 0.6 is 15.9 Å². The Kier molecular flexibility index (Phi) is 3.68. The minimum absolute atomic E-state index is 0.723. The summed E-state index contributed by atoms with van der Waals surface area (Å²) in [5, 5.41) is 0. The van der Waals surface area contributed by atoms with Gasteiger partial charge in [0.2, 0.25) is 0 Å². The summed E-state index contributed by atoms with van der Waals surface area (Å²) in [6, 6.07) is 8.89. The molecular formula is C20H27Br. The molecule has 4 bridgehead atoms. The summed E-state index contributed by atoms with van der Waals surface area (Å²) in [5.41, 5.74) is 2.22. The zero-order valence-electron chi connectivity index (χ0n) is 13.2. The summed E-state index contributed by atoms with van der Waals surface area (Å²) in [5.74, 6) is 4.17. The van der Waals surface area contributed by atoms with Gasteiger partial charge in [0.05, 0.1) is 0 Å². The molecule has 4 saturated carbocycles. The molecule has 0 N–H and O–H groups in total. The third-order valence-corrected chi connectivity index (χ3v) is 7.38. The molecule has 1 aromatic carbocycles. The second kappa shape index (κ2) is 5.41. The summed E-state index contributed by atoms with van der Waals surface area (Å²) >= 11 is 3.60. The zero-order valence-corrected chi connectivity index (χ0v) is 14.7. The Morgan fingerprint density at radius 1 is 1.10 bits per heavy atom. The topological polar surface area (TPSA) is 0 Å². The number of aryl methyl sites for hydroxylation is 1. The van der Waals surface area contributed by atoms with Crippen LogP contribution < -0.4 is 0 Å². The molecule has 0 spiro atoms. The number of hydrogen-bond acceptors (Lipinski definition) is 0. The lowest BCUT2D eigenvalue weighted by atomic mass is 9.46. The molecule has 0 aromatic heterocycles. The lowest BCUT2D eigenvalue weighted by Crippen LogP contribution is -2.49. The first-order valence-corrected chi connectivity index (χ1v) is 9.67. The molecule has 0 nitrogen and oxygen atoms in total. The van der Waals surface area contributed by atoms with Gasteiger partial charge >= 0.3 is 0 Å². The van der Waals surface area contributed by atoms with Crippen LogP contribution in [-0.2, 0) is 6.42 Å². The van der Waals surface area contributed by atoms with Crippen molar-refractivity contribution in [2.45, 2.75) is 58.3 Å². The highest BCUT2D eigenvalue weighted by Gasteiger charge is 2.52. The Morgan fingerprint density at radius 3 is 2.29 bits per heavy atom. The van der Waals surface area contributed by atoms with E-state index in [0.29, 0.717) is 0 Å². The number of rotatable bonds is 4. The molecule has 0 saturated heterocycles. The normalized spacial score (nSPS) is 38.7. The van der Waals surface area contributed by atoms with Gasteiger partial charge in [0.25, 0.3) is 0 Å². The van der Waals surface area contributed by atoms with Gasteiger partial charge in [-0.2, -0.15) is 0 Å². The van der Waals surface area contributed by atoms with E-state index < -0.39 is 0 Å². The van der Waals surface area contributed by atoms with Gasteiger partial charge in [0.15, 0.2) is 0 Å². The molecule has 114 valence electrons. The van der Waals surface area contributed by atoms with Gasteiger partial charge in [-0.3, -0.25) is 0 Å². The molecule has 4 fully saturated rings. The van der Waals surface area contributed by atoms with Crippen LogP contribution in [0.25, 0.3) is 0 Å². The first kappa shape index (κ1) is 14.3. The molecule has 1 aromatic rings. The Morgan fingerprint density at radius 2 is 1.71 bits per heavy atom. The van der Waals surface area contributed by atoms with Crippen LogP contribution in [0.5, 0.6) is 0 Å². The first-order valence-electron chi connectivity index (χ1n) is 8.87. The summed E-state index contributed by atoms with van der Waals surface area (Å²) in [7, 11) is 0.